The zero-order valence-electron chi connectivity index (χ0n) is 13.9. The van der Waals surface area contributed by atoms with Crippen molar-refractivity contribution in [3.05, 3.63) is 24.3 Å². The van der Waals surface area contributed by atoms with Gasteiger partial charge in [0.2, 0.25) is 11.8 Å². The summed E-state index contributed by atoms with van der Waals surface area (Å²) >= 11 is 0. The van der Waals surface area contributed by atoms with Crippen molar-refractivity contribution in [2.24, 2.45) is 5.73 Å². The van der Waals surface area contributed by atoms with E-state index in [0.29, 0.717) is 18.0 Å². The number of methoxy groups -OCH3 is 2. The lowest BCUT2D eigenvalue weighted by atomic mass is 10.2. The van der Waals surface area contributed by atoms with Crippen LogP contribution in [0.15, 0.2) is 24.3 Å². The predicted octanol–water partition coefficient (Wildman–Crippen LogP) is 0.846. The van der Waals surface area contributed by atoms with Gasteiger partial charge < -0.3 is 25.4 Å². The van der Waals surface area contributed by atoms with Crippen molar-refractivity contribution in [3.8, 4) is 5.75 Å². The monoisotopic (exact) mass is 323 g/mol. The molecule has 3 N–H and O–H groups in total. The SMILES string of the molecule is CCCN(CC(=O)Nc1ccccc1OC)C(=O)C(N)COC. The van der Waals surface area contributed by atoms with Crippen LogP contribution in [-0.2, 0) is 14.3 Å². The average molecular weight is 323 g/mol. The first kappa shape index (κ1) is 18.9. The lowest BCUT2D eigenvalue weighted by Crippen LogP contribution is -2.48. The Hall–Kier alpha value is -2.12. The summed E-state index contributed by atoms with van der Waals surface area (Å²) in [5.41, 5.74) is 6.33. The molecule has 128 valence electrons. The third kappa shape index (κ3) is 5.88. The average Bonchev–Trinajstić information content (AvgIpc) is 2.54. The van der Waals surface area contributed by atoms with Gasteiger partial charge in [-0.15, -0.1) is 0 Å². The van der Waals surface area contributed by atoms with E-state index in [9.17, 15) is 9.59 Å². The van der Waals surface area contributed by atoms with E-state index in [-0.39, 0.29) is 25.0 Å². The topological polar surface area (TPSA) is 93.9 Å². The highest BCUT2D eigenvalue weighted by molar-refractivity contribution is 5.96. The molecular formula is C16H25N3O4. The minimum absolute atomic E-state index is 0.0673. The molecule has 7 heteroatoms. The Labute approximate surface area is 136 Å². The Bertz CT molecular complexity index is 522. The molecule has 1 atom stereocenters. The van der Waals surface area contributed by atoms with Gasteiger partial charge in [0.1, 0.15) is 11.8 Å². The van der Waals surface area contributed by atoms with Crippen molar-refractivity contribution >= 4 is 17.5 Å². The maximum absolute atomic E-state index is 12.3. The first-order valence-electron chi connectivity index (χ1n) is 7.49. The summed E-state index contributed by atoms with van der Waals surface area (Å²) in [6, 6.07) is 6.32. The number of anilines is 1. The summed E-state index contributed by atoms with van der Waals surface area (Å²) in [5, 5.41) is 2.75. The molecule has 0 heterocycles. The summed E-state index contributed by atoms with van der Waals surface area (Å²) < 4.78 is 10.1. The van der Waals surface area contributed by atoms with Crippen molar-refractivity contribution in [3.63, 3.8) is 0 Å². The lowest BCUT2D eigenvalue weighted by molar-refractivity contribution is -0.136. The number of nitrogens with one attached hydrogen (secondary N) is 1. The minimum atomic E-state index is -0.773. The van der Waals surface area contributed by atoms with Crippen LogP contribution in [0.4, 0.5) is 5.69 Å². The highest BCUT2D eigenvalue weighted by Gasteiger charge is 2.22. The van der Waals surface area contributed by atoms with E-state index in [1.54, 1.807) is 18.2 Å². The Morgan fingerprint density at radius 3 is 2.61 bits per heavy atom. The van der Waals surface area contributed by atoms with Gasteiger partial charge in [0.15, 0.2) is 0 Å². The molecule has 0 aliphatic carbocycles. The lowest BCUT2D eigenvalue weighted by Gasteiger charge is -2.24. The number of para-hydroxylation sites is 2. The molecule has 0 saturated heterocycles. The van der Waals surface area contributed by atoms with Crippen LogP contribution in [-0.4, -0.2) is 56.7 Å². The molecule has 7 nitrogen and oxygen atoms in total. The van der Waals surface area contributed by atoms with E-state index in [4.69, 9.17) is 15.2 Å². The number of ether oxygens (including phenoxy) is 2. The molecule has 2 amide bonds. The van der Waals surface area contributed by atoms with Crippen LogP contribution in [0.2, 0.25) is 0 Å². The quantitative estimate of drug-likeness (QED) is 0.702. The van der Waals surface area contributed by atoms with Crippen LogP contribution >= 0.6 is 0 Å². The van der Waals surface area contributed by atoms with Gasteiger partial charge in [0, 0.05) is 13.7 Å². The van der Waals surface area contributed by atoms with E-state index in [2.05, 4.69) is 5.32 Å². The number of nitrogens with two attached hydrogens (primary N) is 1. The van der Waals surface area contributed by atoms with E-state index >= 15 is 0 Å². The maximum atomic E-state index is 12.3. The van der Waals surface area contributed by atoms with Crippen molar-refractivity contribution in [2.75, 3.05) is 39.2 Å². The molecule has 1 unspecified atom stereocenters. The fourth-order valence-corrected chi connectivity index (χ4v) is 2.13. The standard InChI is InChI=1S/C16H25N3O4/c1-4-9-19(16(21)12(17)11-22-2)10-15(20)18-13-7-5-6-8-14(13)23-3/h5-8,12H,4,9-11,17H2,1-3H3,(H,18,20). The minimum Gasteiger partial charge on any atom is -0.495 e. The normalized spacial score (nSPS) is 11.7. The van der Waals surface area contributed by atoms with E-state index < -0.39 is 6.04 Å². The molecule has 0 aliphatic rings. The number of hydrogen-bond donors (Lipinski definition) is 2. The Morgan fingerprint density at radius 2 is 2.00 bits per heavy atom. The summed E-state index contributed by atoms with van der Waals surface area (Å²) in [7, 11) is 3.01. The summed E-state index contributed by atoms with van der Waals surface area (Å²) in [4.78, 5) is 25.9. The van der Waals surface area contributed by atoms with E-state index in [1.165, 1.54) is 19.1 Å². The highest BCUT2D eigenvalue weighted by atomic mass is 16.5. The first-order chi connectivity index (χ1) is 11.0. The predicted molar refractivity (Wildman–Crippen MR) is 88.3 cm³/mol. The summed E-state index contributed by atoms with van der Waals surface area (Å²) in [5.74, 6) is -0.0462. The number of rotatable bonds is 9. The number of amides is 2. The molecule has 1 aromatic carbocycles. The second kappa shape index (κ2) is 9.81. The van der Waals surface area contributed by atoms with Gasteiger partial charge in [-0.05, 0) is 18.6 Å². The van der Waals surface area contributed by atoms with Crippen LogP contribution in [0.5, 0.6) is 5.75 Å². The van der Waals surface area contributed by atoms with Crippen molar-refractivity contribution in [1.29, 1.82) is 0 Å². The first-order valence-corrected chi connectivity index (χ1v) is 7.49. The molecule has 0 spiro atoms. The third-order valence-corrected chi connectivity index (χ3v) is 3.18. The van der Waals surface area contributed by atoms with Crippen LogP contribution in [0.1, 0.15) is 13.3 Å². The van der Waals surface area contributed by atoms with Crippen LogP contribution in [0.3, 0.4) is 0 Å². The second-order valence-electron chi connectivity index (χ2n) is 5.07. The fourth-order valence-electron chi connectivity index (χ4n) is 2.13. The molecule has 0 saturated carbocycles. The van der Waals surface area contributed by atoms with E-state index in [1.807, 2.05) is 13.0 Å². The molecule has 23 heavy (non-hydrogen) atoms. The molecular weight excluding hydrogens is 298 g/mol. The molecule has 0 fully saturated rings. The van der Waals surface area contributed by atoms with Crippen LogP contribution in [0, 0.1) is 0 Å². The number of benzene rings is 1. The van der Waals surface area contributed by atoms with Crippen molar-refractivity contribution < 1.29 is 19.1 Å². The van der Waals surface area contributed by atoms with Gasteiger partial charge >= 0.3 is 0 Å². The molecule has 1 rings (SSSR count). The van der Waals surface area contributed by atoms with E-state index in [0.717, 1.165) is 6.42 Å². The summed E-state index contributed by atoms with van der Waals surface area (Å²) in [6.07, 6.45) is 0.730. The van der Waals surface area contributed by atoms with Gasteiger partial charge in [0.25, 0.3) is 0 Å². The Morgan fingerprint density at radius 1 is 1.30 bits per heavy atom. The molecule has 0 aliphatic heterocycles. The summed E-state index contributed by atoms with van der Waals surface area (Å²) in [6.45, 7) is 2.44. The number of hydrogen-bond acceptors (Lipinski definition) is 5. The zero-order chi connectivity index (χ0) is 17.2. The fraction of sp³-hybridized carbons (Fsp3) is 0.500. The Balaban J connectivity index is 2.72. The largest absolute Gasteiger partial charge is 0.495 e. The van der Waals surface area contributed by atoms with Crippen LogP contribution < -0.4 is 15.8 Å². The number of carbonyl (C=O) groups excluding carboxylic acids is 2. The number of nitrogens with zero attached hydrogens (tertiary/aromatic N) is 1. The molecule has 0 radical (unpaired) electrons. The smallest absolute Gasteiger partial charge is 0.244 e. The zero-order valence-corrected chi connectivity index (χ0v) is 13.9. The van der Waals surface area contributed by atoms with Gasteiger partial charge in [0.05, 0.1) is 25.9 Å². The third-order valence-electron chi connectivity index (χ3n) is 3.18. The van der Waals surface area contributed by atoms with Gasteiger partial charge in [-0.2, -0.15) is 0 Å². The molecule has 1 aromatic rings. The Kier molecular flexibility index (Phi) is 8.07. The maximum Gasteiger partial charge on any atom is 0.244 e. The van der Waals surface area contributed by atoms with Crippen LogP contribution in [0.25, 0.3) is 0 Å². The molecule has 0 bridgehead atoms. The van der Waals surface area contributed by atoms with Crippen molar-refractivity contribution in [2.45, 2.75) is 19.4 Å². The second-order valence-corrected chi connectivity index (χ2v) is 5.07. The number of carbonyl (C=O) groups is 2. The van der Waals surface area contributed by atoms with Gasteiger partial charge in [-0.25, -0.2) is 0 Å². The van der Waals surface area contributed by atoms with Gasteiger partial charge in [-0.1, -0.05) is 19.1 Å². The molecule has 0 aromatic heterocycles. The highest BCUT2D eigenvalue weighted by Crippen LogP contribution is 2.22. The van der Waals surface area contributed by atoms with Gasteiger partial charge in [-0.3, -0.25) is 9.59 Å². The van der Waals surface area contributed by atoms with Crippen molar-refractivity contribution in [1.82, 2.24) is 4.90 Å².